The normalized spacial score (nSPS) is 15.3. The largest absolute Gasteiger partial charge is 0.465 e. The standard InChI is InChI=1S/C26H25N5O3/c1-15-9-11-31(24-14-19(30-26(33)34)4-7-23(24)29-15)25(32)18-2-5-20(21(27)13-18)16-3-6-22-17(12-16)8-10-28-22/h2-8,10,12-15,28-30H,9,11,27H2,1H3,(H,33,34). The Bertz CT molecular complexity index is 1410. The molecule has 8 heteroatoms. The number of carbonyl (C=O) groups excluding carboxylic acids is 1. The lowest BCUT2D eigenvalue weighted by Gasteiger charge is -2.23. The minimum absolute atomic E-state index is 0.158. The van der Waals surface area contributed by atoms with Gasteiger partial charge in [0.25, 0.3) is 5.91 Å². The molecule has 1 aliphatic rings. The number of hydrogen-bond donors (Lipinski definition) is 5. The number of nitrogens with one attached hydrogen (secondary N) is 3. The Hall–Kier alpha value is -4.46. The molecule has 0 spiro atoms. The van der Waals surface area contributed by atoms with Crippen molar-refractivity contribution in [2.45, 2.75) is 19.4 Å². The number of H-pyrrole nitrogens is 1. The summed E-state index contributed by atoms with van der Waals surface area (Å²) >= 11 is 0. The molecule has 6 N–H and O–H groups in total. The number of nitrogens with two attached hydrogens (primary N) is 1. The van der Waals surface area contributed by atoms with Gasteiger partial charge in [0.15, 0.2) is 0 Å². The van der Waals surface area contributed by atoms with Crippen molar-refractivity contribution in [3.63, 3.8) is 0 Å². The minimum Gasteiger partial charge on any atom is -0.465 e. The fourth-order valence-corrected chi connectivity index (χ4v) is 4.41. The number of amides is 2. The first-order valence-corrected chi connectivity index (χ1v) is 11.1. The van der Waals surface area contributed by atoms with E-state index in [2.05, 4.69) is 28.6 Å². The predicted molar refractivity (Wildman–Crippen MR) is 136 cm³/mol. The molecule has 2 heterocycles. The van der Waals surface area contributed by atoms with Crippen LogP contribution >= 0.6 is 0 Å². The van der Waals surface area contributed by atoms with Gasteiger partial charge in [-0.15, -0.1) is 0 Å². The number of aromatic nitrogens is 1. The van der Waals surface area contributed by atoms with E-state index in [1.54, 1.807) is 35.2 Å². The molecular formula is C26H25N5O3. The molecule has 0 saturated carbocycles. The average Bonchev–Trinajstić information content (AvgIpc) is 3.21. The van der Waals surface area contributed by atoms with Gasteiger partial charge in [0.05, 0.1) is 11.4 Å². The Morgan fingerprint density at radius 3 is 2.74 bits per heavy atom. The zero-order valence-corrected chi connectivity index (χ0v) is 18.6. The minimum atomic E-state index is -1.16. The van der Waals surface area contributed by atoms with Crippen LogP contribution in [0.4, 0.5) is 27.5 Å². The van der Waals surface area contributed by atoms with Crippen LogP contribution < -0.4 is 21.3 Å². The Balaban J connectivity index is 1.49. The van der Waals surface area contributed by atoms with Crippen LogP contribution in [0, 0.1) is 0 Å². The van der Waals surface area contributed by atoms with Gasteiger partial charge in [-0.3, -0.25) is 10.1 Å². The molecule has 1 aliphatic heterocycles. The van der Waals surface area contributed by atoms with Crippen molar-refractivity contribution in [1.29, 1.82) is 0 Å². The molecule has 172 valence electrons. The van der Waals surface area contributed by atoms with Crippen LogP contribution in [0.5, 0.6) is 0 Å². The van der Waals surface area contributed by atoms with Gasteiger partial charge < -0.3 is 26.0 Å². The highest BCUT2D eigenvalue weighted by Gasteiger charge is 2.25. The van der Waals surface area contributed by atoms with Crippen molar-refractivity contribution in [2.75, 3.05) is 27.8 Å². The van der Waals surface area contributed by atoms with Crippen molar-refractivity contribution in [3.8, 4) is 11.1 Å². The maximum atomic E-state index is 13.6. The van der Waals surface area contributed by atoms with Gasteiger partial charge in [0, 0.05) is 46.8 Å². The molecule has 2 amide bonds. The van der Waals surface area contributed by atoms with Gasteiger partial charge in [0.1, 0.15) is 0 Å². The molecule has 4 aromatic rings. The maximum absolute atomic E-state index is 13.6. The number of rotatable bonds is 3. The molecule has 0 bridgehead atoms. The Kier molecular flexibility index (Phi) is 5.33. The fourth-order valence-electron chi connectivity index (χ4n) is 4.41. The molecule has 0 aliphatic carbocycles. The topological polar surface area (TPSA) is 123 Å². The highest BCUT2D eigenvalue weighted by molar-refractivity contribution is 6.09. The number of nitrogens with zero attached hydrogens (tertiary/aromatic N) is 1. The first-order chi connectivity index (χ1) is 16.4. The van der Waals surface area contributed by atoms with Gasteiger partial charge in [-0.05, 0) is 72.8 Å². The molecule has 1 aromatic heterocycles. The van der Waals surface area contributed by atoms with E-state index < -0.39 is 6.09 Å². The number of hydrogen-bond acceptors (Lipinski definition) is 4. The van der Waals surface area contributed by atoms with Crippen LogP contribution in [-0.4, -0.2) is 34.7 Å². The molecular weight excluding hydrogens is 430 g/mol. The van der Waals surface area contributed by atoms with Gasteiger partial charge in [-0.25, -0.2) is 4.79 Å². The van der Waals surface area contributed by atoms with Crippen molar-refractivity contribution >= 4 is 45.7 Å². The van der Waals surface area contributed by atoms with E-state index in [-0.39, 0.29) is 11.9 Å². The molecule has 34 heavy (non-hydrogen) atoms. The van der Waals surface area contributed by atoms with E-state index in [0.717, 1.165) is 34.1 Å². The van der Waals surface area contributed by atoms with Crippen LogP contribution in [0.3, 0.4) is 0 Å². The quantitative estimate of drug-likeness (QED) is 0.266. The molecule has 8 nitrogen and oxygen atoms in total. The van der Waals surface area contributed by atoms with E-state index in [4.69, 9.17) is 10.8 Å². The van der Waals surface area contributed by atoms with Gasteiger partial charge >= 0.3 is 6.09 Å². The smallest absolute Gasteiger partial charge is 0.409 e. The van der Waals surface area contributed by atoms with Gasteiger partial charge in [0.2, 0.25) is 0 Å². The first kappa shape index (κ1) is 21.4. The third kappa shape index (κ3) is 4.01. The summed E-state index contributed by atoms with van der Waals surface area (Å²) in [5, 5.41) is 15.9. The van der Waals surface area contributed by atoms with Crippen molar-refractivity contribution in [1.82, 2.24) is 4.98 Å². The van der Waals surface area contributed by atoms with Crippen LogP contribution in [0.2, 0.25) is 0 Å². The van der Waals surface area contributed by atoms with E-state index in [1.807, 2.05) is 30.5 Å². The van der Waals surface area contributed by atoms with E-state index in [0.29, 0.717) is 29.2 Å². The van der Waals surface area contributed by atoms with Crippen molar-refractivity contribution in [3.05, 3.63) is 72.4 Å². The number of nitrogen functional groups attached to an aromatic ring is 1. The van der Waals surface area contributed by atoms with Gasteiger partial charge in [-0.2, -0.15) is 0 Å². The van der Waals surface area contributed by atoms with Crippen LogP contribution in [0.25, 0.3) is 22.0 Å². The zero-order chi connectivity index (χ0) is 23.8. The Labute approximate surface area is 196 Å². The number of carbonyl (C=O) groups is 2. The second-order valence-corrected chi connectivity index (χ2v) is 8.53. The second-order valence-electron chi connectivity index (χ2n) is 8.53. The predicted octanol–water partition coefficient (Wildman–Crippen LogP) is 5.36. The summed E-state index contributed by atoms with van der Waals surface area (Å²) in [5.41, 5.74) is 12.1. The van der Waals surface area contributed by atoms with Gasteiger partial charge in [-0.1, -0.05) is 12.1 Å². The van der Waals surface area contributed by atoms with Crippen molar-refractivity contribution < 1.29 is 14.7 Å². The summed E-state index contributed by atoms with van der Waals surface area (Å²) in [5.74, 6) is -0.191. The summed E-state index contributed by atoms with van der Waals surface area (Å²) < 4.78 is 0. The van der Waals surface area contributed by atoms with E-state index in [1.165, 1.54) is 0 Å². The number of carboxylic acid groups (broad SMARTS) is 1. The van der Waals surface area contributed by atoms with Crippen LogP contribution in [-0.2, 0) is 0 Å². The molecule has 5 rings (SSSR count). The fraction of sp³-hybridized carbons (Fsp3) is 0.154. The number of aromatic amines is 1. The highest BCUT2D eigenvalue weighted by Crippen LogP contribution is 2.35. The van der Waals surface area contributed by atoms with E-state index in [9.17, 15) is 9.59 Å². The summed E-state index contributed by atoms with van der Waals surface area (Å²) in [6.07, 6.45) is 1.48. The Morgan fingerprint density at radius 2 is 1.94 bits per heavy atom. The second kappa shape index (κ2) is 8.47. The lowest BCUT2D eigenvalue weighted by atomic mass is 10.00. The summed E-state index contributed by atoms with van der Waals surface area (Å²) in [4.78, 5) is 29.6. The molecule has 0 radical (unpaired) electrons. The first-order valence-electron chi connectivity index (χ1n) is 11.1. The van der Waals surface area contributed by atoms with E-state index >= 15 is 0 Å². The van der Waals surface area contributed by atoms with Crippen LogP contribution in [0.15, 0.2) is 66.9 Å². The average molecular weight is 456 g/mol. The summed E-state index contributed by atoms with van der Waals surface area (Å²) in [7, 11) is 0. The van der Waals surface area contributed by atoms with Crippen molar-refractivity contribution in [2.24, 2.45) is 0 Å². The molecule has 1 unspecified atom stereocenters. The number of anilines is 4. The monoisotopic (exact) mass is 455 g/mol. The Morgan fingerprint density at radius 1 is 1.09 bits per heavy atom. The zero-order valence-electron chi connectivity index (χ0n) is 18.6. The molecule has 3 aromatic carbocycles. The third-order valence-corrected chi connectivity index (χ3v) is 6.14. The molecule has 0 saturated heterocycles. The maximum Gasteiger partial charge on any atom is 0.409 e. The molecule has 1 atom stereocenters. The highest BCUT2D eigenvalue weighted by atomic mass is 16.4. The lowest BCUT2D eigenvalue weighted by molar-refractivity contribution is 0.0987. The summed E-state index contributed by atoms with van der Waals surface area (Å²) in [6, 6.07) is 18.7. The van der Waals surface area contributed by atoms with Crippen LogP contribution in [0.1, 0.15) is 23.7 Å². The lowest BCUT2D eigenvalue weighted by Crippen LogP contribution is -2.32. The number of benzene rings is 3. The molecule has 0 fully saturated rings. The third-order valence-electron chi connectivity index (χ3n) is 6.14. The number of fused-ring (bicyclic) bond motifs is 2. The summed E-state index contributed by atoms with van der Waals surface area (Å²) in [6.45, 7) is 2.54. The SMILES string of the molecule is CC1CCN(C(=O)c2ccc(-c3ccc4[nH]ccc4c3)c(N)c2)c2cc(NC(=O)O)ccc2N1.